The van der Waals surface area contributed by atoms with Crippen molar-refractivity contribution in [3.63, 3.8) is 0 Å². The number of nitrogens with zero attached hydrogens (tertiary/aromatic N) is 1. The molecule has 0 spiro atoms. The fourth-order valence-corrected chi connectivity index (χ4v) is 6.35. The minimum atomic E-state index is -4.01. The predicted octanol–water partition coefficient (Wildman–Crippen LogP) is 4.67. The Balaban J connectivity index is 1.41. The van der Waals surface area contributed by atoms with Crippen LogP contribution in [0.4, 0.5) is 5.69 Å². The van der Waals surface area contributed by atoms with Gasteiger partial charge in [0.2, 0.25) is 0 Å². The number of amides is 1. The summed E-state index contributed by atoms with van der Waals surface area (Å²) in [6.07, 6.45) is 2.25. The first kappa shape index (κ1) is 24.5. The van der Waals surface area contributed by atoms with E-state index < -0.39 is 22.0 Å². The van der Waals surface area contributed by atoms with Crippen LogP contribution in [0.15, 0.2) is 65.6 Å². The molecule has 7 nitrogen and oxygen atoms in total. The zero-order valence-electron chi connectivity index (χ0n) is 20.0. The molecule has 2 aliphatic rings. The first-order chi connectivity index (χ1) is 17.3. The summed E-state index contributed by atoms with van der Waals surface area (Å²) in [4.78, 5) is 13.4. The van der Waals surface area contributed by atoms with Gasteiger partial charge in [-0.05, 0) is 85.3 Å². The van der Waals surface area contributed by atoms with Gasteiger partial charge in [0, 0.05) is 5.02 Å². The van der Waals surface area contributed by atoms with Crippen molar-refractivity contribution in [3.8, 4) is 11.5 Å². The number of rotatable bonds is 6. The molecule has 1 aliphatic carbocycles. The zero-order valence-corrected chi connectivity index (χ0v) is 21.6. The maximum Gasteiger partial charge on any atom is 0.264 e. The third kappa shape index (κ3) is 4.63. The van der Waals surface area contributed by atoms with Gasteiger partial charge in [0.05, 0.1) is 30.3 Å². The van der Waals surface area contributed by atoms with Crippen molar-refractivity contribution in [3.05, 3.63) is 82.4 Å². The number of benzene rings is 3. The maximum atomic E-state index is 13.6. The Hall–Kier alpha value is -3.23. The molecule has 5 rings (SSSR count). The standard InChI is InChI=1S/C27H27ClN2O5S/c1-17(19-7-6-18-4-3-5-20(18)14-19)29-27(31)26-16-30(24-15-21(28)8-13-25(24)35-26)36(32,33)23-11-9-22(34-2)10-12-23/h6-15,17,26H,3-5,16H2,1-2H3,(H,29,31). The molecule has 2 atom stereocenters. The highest BCUT2D eigenvalue weighted by Crippen LogP contribution is 2.39. The molecule has 1 amide bonds. The normalized spacial score (nSPS) is 17.5. The van der Waals surface area contributed by atoms with Gasteiger partial charge in [-0.15, -0.1) is 0 Å². The maximum absolute atomic E-state index is 13.6. The number of hydrogen-bond acceptors (Lipinski definition) is 5. The Morgan fingerprint density at radius 1 is 1.08 bits per heavy atom. The van der Waals surface area contributed by atoms with Crippen molar-refractivity contribution in [2.45, 2.75) is 43.2 Å². The number of ether oxygens (including phenoxy) is 2. The number of aryl methyl sites for hydroxylation is 2. The second-order valence-electron chi connectivity index (χ2n) is 9.04. The van der Waals surface area contributed by atoms with Gasteiger partial charge in [-0.1, -0.05) is 29.8 Å². The molecule has 2 unspecified atom stereocenters. The lowest BCUT2D eigenvalue weighted by atomic mass is 10.0. The van der Waals surface area contributed by atoms with E-state index in [0.717, 1.165) is 24.8 Å². The largest absolute Gasteiger partial charge is 0.497 e. The van der Waals surface area contributed by atoms with E-state index in [1.807, 2.05) is 13.0 Å². The molecule has 188 valence electrons. The molecule has 0 bridgehead atoms. The highest BCUT2D eigenvalue weighted by molar-refractivity contribution is 7.92. The number of carbonyl (C=O) groups is 1. The Labute approximate surface area is 216 Å². The third-order valence-corrected chi connectivity index (χ3v) is 8.74. The van der Waals surface area contributed by atoms with Gasteiger partial charge in [-0.25, -0.2) is 8.42 Å². The SMILES string of the molecule is COc1ccc(S(=O)(=O)N2CC(C(=O)NC(C)c3ccc4c(c3)CCC4)Oc3ccc(Cl)cc32)cc1. The van der Waals surface area contributed by atoms with Crippen LogP contribution in [0, 0.1) is 0 Å². The summed E-state index contributed by atoms with van der Waals surface area (Å²) in [5, 5.41) is 3.36. The summed E-state index contributed by atoms with van der Waals surface area (Å²) in [7, 11) is -2.50. The van der Waals surface area contributed by atoms with Gasteiger partial charge in [0.25, 0.3) is 15.9 Å². The van der Waals surface area contributed by atoms with E-state index in [0.29, 0.717) is 10.8 Å². The fraction of sp³-hybridized carbons (Fsp3) is 0.296. The van der Waals surface area contributed by atoms with Crippen LogP contribution < -0.4 is 19.1 Å². The van der Waals surface area contributed by atoms with Crippen LogP contribution in [0.25, 0.3) is 0 Å². The van der Waals surface area contributed by atoms with Crippen LogP contribution in [0.5, 0.6) is 11.5 Å². The number of carbonyl (C=O) groups excluding carboxylic acids is 1. The Kier molecular flexibility index (Phi) is 6.57. The summed E-state index contributed by atoms with van der Waals surface area (Å²) in [6.45, 7) is 1.72. The molecule has 1 N–H and O–H groups in total. The second kappa shape index (κ2) is 9.67. The zero-order chi connectivity index (χ0) is 25.4. The van der Waals surface area contributed by atoms with Crippen molar-refractivity contribution < 1.29 is 22.7 Å². The Morgan fingerprint density at radius 2 is 1.83 bits per heavy atom. The summed E-state index contributed by atoms with van der Waals surface area (Å²) in [5.74, 6) is 0.420. The lowest BCUT2D eigenvalue weighted by Gasteiger charge is -2.35. The highest BCUT2D eigenvalue weighted by atomic mass is 35.5. The molecule has 9 heteroatoms. The summed E-state index contributed by atoms with van der Waals surface area (Å²) in [6, 6.07) is 16.9. The first-order valence-corrected chi connectivity index (χ1v) is 13.6. The second-order valence-corrected chi connectivity index (χ2v) is 11.3. The molecule has 0 radical (unpaired) electrons. The van der Waals surface area contributed by atoms with E-state index in [9.17, 15) is 13.2 Å². The van der Waals surface area contributed by atoms with Gasteiger partial charge in [-0.3, -0.25) is 9.10 Å². The molecule has 1 aliphatic heterocycles. The van der Waals surface area contributed by atoms with E-state index in [2.05, 4.69) is 17.4 Å². The minimum Gasteiger partial charge on any atom is -0.497 e. The van der Waals surface area contributed by atoms with Crippen molar-refractivity contribution >= 4 is 33.2 Å². The van der Waals surface area contributed by atoms with Crippen LogP contribution in [-0.2, 0) is 27.7 Å². The molecule has 0 fully saturated rings. The molecular weight excluding hydrogens is 500 g/mol. The van der Waals surface area contributed by atoms with E-state index in [1.165, 1.54) is 40.7 Å². The molecule has 0 saturated carbocycles. The number of halogens is 1. The van der Waals surface area contributed by atoms with Gasteiger partial charge >= 0.3 is 0 Å². The van der Waals surface area contributed by atoms with Crippen LogP contribution >= 0.6 is 11.6 Å². The average Bonchev–Trinajstić information content (AvgIpc) is 3.36. The Morgan fingerprint density at radius 3 is 2.58 bits per heavy atom. The quantitative estimate of drug-likeness (QED) is 0.504. The minimum absolute atomic E-state index is 0.0711. The van der Waals surface area contributed by atoms with Gasteiger partial charge in [0.1, 0.15) is 11.5 Å². The summed E-state index contributed by atoms with van der Waals surface area (Å²) < 4.78 is 39.6. The number of nitrogens with one attached hydrogen (secondary N) is 1. The van der Waals surface area contributed by atoms with Crippen molar-refractivity contribution in [2.75, 3.05) is 18.0 Å². The third-order valence-electron chi connectivity index (χ3n) is 6.71. The van der Waals surface area contributed by atoms with Crippen LogP contribution in [0.1, 0.15) is 36.1 Å². The van der Waals surface area contributed by atoms with E-state index in [1.54, 1.807) is 24.3 Å². The van der Waals surface area contributed by atoms with E-state index >= 15 is 0 Å². The smallest absolute Gasteiger partial charge is 0.264 e. The topological polar surface area (TPSA) is 84.9 Å². The fourth-order valence-electron chi connectivity index (χ4n) is 4.71. The number of fused-ring (bicyclic) bond motifs is 2. The molecule has 36 heavy (non-hydrogen) atoms. The van der Waals surface area contributed by atoms with E-state index in [-0.39, 0.29) is 28.9 Å². The van der Waals surface area contributed by atoms with E-state index in [4.69, 9.17) is 21.1 Å². The summed E-state index contributed by atoms with van der Waals surface area (Å²) >= 11 is 6.18. The van der Waals surface area contributed by atoms with Crippen LogP contribution in [0.3, 0.4) is 0 Å². The lowest BCUT2D eigenvalue weighted by Crippen LogP contribution is -2.51. The molecule has 0 saturated heterocycles. The van der Waals surface area contributed by atoms with Gasteiger partial charge in [-0.2, -0.15) is 0 Å². The first-order valence-electron chi connectivity index (χ1n) is 11.8. The van der Waals surface area contributed by atoms with Crippen LogP contribution in [-0.4, -0.2) is 34.1 Å². The van der Waals surface area contributed by atoms with Crippen molar-refractivity contribution in [1.82, 2.24) is 5.32 Å². The number of anilines is 1. The highest BCUT2D eigenvalue weighted by Gasteiger charge is 2.38. The molecular formula is C27H27ClN2O5S. The summed E-state index contributed by atoms with van der Waals surface area (Å²) in [5.41, 5.74) is 3.98. The number of methoxy groups -OCH3 is 1. The van der Waals surface area contributed by atoms with Gasteiger partial charge in [0.15, 0.2) is 6.10 Å². The average molecular weight is 527 g/mol. The monoisotopic (exact) mass is 526 g/mol. The van der Waals surface area contributed by atoms with Crippen molar-refractivity contribution in [2.24, 2.45) is 0 Å². The predicted molar refractivity (Wildman–Crippen MR) is 138 cm³/mol. The van der Waals surface area contributed by atoms with Crippen molar-refractivity contribution in [1.29, 1.82) is 0 Å². The molecule has 0 aromatic heterocycles. The molecule has 1 heterocycles. The molecule has 3 aromatic rings. The molecule has 3 aromatic carbocycles. The lowest BCUT2D eigenvalue weighted by molar-refractivity contribution is -0.128. The Bertz CT molecular complexity index is 1410. The van der Waals surface area contributed by atoms with Gasteiger partial charge < -0.3 is 14.8 Å². The number of sulfonamides is 1. The van der Waals surface area contributed by atoms with Crippen LogP contribution in [0.2, 0.25) is 5.02 Å². The number of hydrogen-bond donors (Lipinski definition) is 1.